The molecule has 0 aromatic rings. The van der Waals surface area contributed by atoms with E-state index in [9.17, 15) is 0 Å². The van der Waals surface area contributed by atoms with Crippen molar-refractivity contribution in [3.63, 3.8) is 0 Å². The van der Waals surface area contributed by atoms with Crippen LogP contribution in [-0.4, -0.2) is 72.2 Å². The molecule has 3 fully saturated rings. The minimum Gasteiger partial charge on any atom is -0.308 e. The monoisotopic (exact) mass is 311 g/mol. The molecule has 4 heteroatoms. The van der Waals surface area contributed by atoms with Gasteiger partial charge in [0.15, 0.2) is 0 Å². The second-order valence-electron chi connectivity index (χ2n) is 7.60. The molecule has 2 aliphatic heterocycles. The minimum atomic E-state index is 0.461. The smallest absolute Gasteiger partial charge is 0.0309 e. The summed E-state index contributed by atoms with van der Waals surface area (Å²) in [4.78, 5) is 5.51. The number of hydrogen-bond acceptors (Lipinski definition) is 4. The lowest BCUT2D eigenvalue weighted by Gasteiger charge is -2.48. The van der Waals surface area contributed by atoms with Crippen LogP contribution in [0.4, 0.5) is 0 Å². The van der Waals surface area contributed by atoms with Crippen molar-refractivity contribution < 1.29 is 0 Å². The molecule has 1 unspecified atom stereocenters. The summed E-state index contributed by atoms with van der Waals surface area (Å²) in [7, 11) is 0. The van der Waals surface area contributed by atoms with Gasteiger partial charge in [-0.15, -0.1) is 0 Å². The fraction of sp³-hybridized carbons (Fsp3) is 1.00. The number of rotatable bonds is 4. The number of nitrogens with zero attached hydrogens (tertiary/aromatic N) is 2. The molecule has 0 amide bonds. The van der Waals surface area contributed by atoms with Crippen LogP contribution >= 0.6 is 11.8 Å². The Morgan fingerprint density at radius 1 is 1.14 bits per heavy atom. The normalized spacial score (nSPS) is 31.3. The summed E-state index contributed by atoms with van der Waals surface area (Å²) in [6.45, 7) is 12.4. The second kappa shape index (κ2) is 7.20. The molecule has 3 nitrogen and oxygen atoms in total. The van der Waals surface area contributed by atoms with Crippen molar-refractivity contribution in [2.45, 2.75) is 51.1 Å². The maximum atomic E-state index is 3.94. The SMILES string of the molecule is CC(C)C1CNC2(CCCC2)CN1CCN1CCSCC1. The van der Waals surface area contributed by atoms with Gasteiger partial charge in [-0.3, -0.25) is 4.90 Å². The van der Waals surface area contributed by atoms with Gasteiger partial charge in [0.1, 0.15) is 0 Å². The van der Waals surface area contributed by atoms with E-state index in [-0.39, 0.29) is 0 Å². The number of thioether (sulfide) groups is 1. The molecule has 0 bridgehead atoms. The van der Waals surface area contributed by atoms with E-state index in [1.165, 1.54) is 76.5 Å². The third-order valence-corrected chi connectivity index (χ3v) is 6.74. The lowest BCUT2D eigenvalue weighted by molar-refractivity contribution is 0.0492. The number of piperazine rings is 1. The molecular formula is C17H33N3S. The van der Waals surface area contributed by atoms with E-state index < -0.39 is 0 Å². The predicted octanol–water partition coefficient (Wildman–Crippen LogP) is 2.28. The van der Waals surface area contributed by atoms with Gasteiger partial charge in [0, 0.05) is 62.4 Å². The van der Waals surface area contributed by atoms with Crippen LogP contribution in [0.25, 0.3) is 0 Å². The Morgan fingerprint density at radius 3 is 2.52 bits per heavy atom. The summed E-state index contributed by atoms with van der Waals surface area (Å²) < 4.78 is 0. The van der Waals surface area contributed by atoms with E-state index in [2.05, 4.69) is 40.7 Å². The van der Waals surface area contributed by atoms with Crippen LogP contribution < -0.4 is 5.32 Å². The van der Waals surface area contributed by atoms with Gasteiger partial charge in [-0.1, -0.05) is 26.7 Å². The zero-order valence-corrected chi connectivity index (χ0v) is 14.8. The molecule has 3 aliphatic rings. The minimum absolute atomic E-state index is 0.461. The highest BCUT2D eigenvalue weighted by Crippen LogP contribution is 2.34. The van der Waals surface area contributed by atoms with Crippen molar-refractivity contribution in [2.75, 3.05) is 50.8 Å². The summed E-state index contributed by atoms with van der Waals surface area (Å²) in [5.74, 6) is 3.42. The Bertz CT molecular complexity index is 322. The van der Waals surface area contributed by atoms with Gasteiger partial charge >= 0.3 is 0 Å². The third-order valence-electron chi connectivity index (χ3n) is 5.80. The third kappa shape index (κ3) is 3.95. The van der Waals surface area contributed by atoms with Gasteiger partial charge in [-0.2, -0.15) is 11.8 Å². The van der Waals surface area contributed by atoms with Crippen LogP contribution in [0, 0.1) is 5.92 Å². The van der Waals surface area contributed by atoms with Crippen molar-refractivity contribution in [1.29, 1.82) is 0 Å². The first kappa shape index (κ1) is 16.1. The Kier molecular flexibility index (Phi) is 5.52. The van der Waals surface area contributed by atoms with E-state index in [1.54, 1.807) is 0 Å². The predicted molar refractivity (Wildman–Crippen MR) is 93.2 cm³/mol. The maximum absolute atomic E-state index is 3.94. The largest absolute Gasteiger partial charge is 0.308 e. The topological polar surface area (TPSA) is 18.5 Å². The van der Waals surface area contributed by atoms with Crippen molar-refractivity contribution in [3.05, 3.63) is 0 Å². The standard InChI is InChI=1S/C17H33N3S/c1-15(2)16-13-18-17(5-3-4-6-17)14-20(16)8-7-19-9-11-21-12-10-19/h15-16,18H,3-14H2,1-2H3. The van der Waals surface area contributed by atoms with Crippen molar-refractivity contribution in [3.8, 4) is 0 Å². The fourth-order valence-electron chi connectivity index (χ4n) is 4.40. The first-order chi connectivity index (χ1) is 10.2. The molecule has 0 aromatic heterocycles. The Labute approximate surface area is 135 Å². The Hall–Kier alpha value is 0.230. The summed E-state index contributed by atoms with van der Waals surface area (Å²) >= 11 is 2.12. The van der Waals surface area contributed by atoms with Crippen LogP contribution in [0.3, 0.4) is 0 Å². The maximum Gasteiger partial charge on any atom is 0.0309 e. The lowest BCUT2D eigenvalue weighted by atomic mass is 9.89. The molecule has 0 radical (unpaired) electrons. The molecule has 122 valence electrons. The molecular weight excluding hydrogens is 278 g/mol. The first-order valence-corrected chi connectivity index (χ1v) is 10.1. The Balaban J connectivity index is 1.57. The van der Waals surface area contributed by atoms with Crippen LogP contribution in [0.2, 0.25) is 0 Å². The molecule has 1 aliphatic carbocycles. The van der Waals surface area contributed by atoms with Crippen molar-refractivity contribution in [1.82, 2.24) is 15.1 Å². The first-order valence-electron chi connectivity index (χ1n) is 8.98. The van der Waals surface area contributed by atoms with Crippen LogP contribution in [0.1, 0.15) is 39.5 Å². The molecule has 2 heterocycles. The molecule has 3 rings (SSSR count). The van der Waals surface area contributed by atoms with E-state index in [0.29, 0.717) is 5.54 Å². The summed E-state index contributed by atoms with van der Waals surface area (Å²) in [6.07, 6.45) is 5.65. The molecule has 1 spiro atoms. The van der Waals surface area contributed by atoms with Gasteiger partial charge in [0.05, 0.1) is 0 Å². The van der Waals surface area contributed by atoms with Gasteiger partial charge in [-0.05, 0) is 18.8 Å². The van der Waals surface area contributed by atoms with E-state index >= 15 is 0 Å². The van der Waals surface area contributed by atoms with Gasteiger partial charge in [0.2, 0.25) is 0 Å². The fourth-order valence-corrected chi connectivity index (χ4v) is 5.37. The summed E-state index contributed by atoms with van der Waals surface area (Å²) in [6, 6.07) is 0.732. The quantitative estimate of drug-likeness (QED) is 0.858. The summed E-state index contributed by atoms with van der Waals surface area (Å²) in [5.41, 5.74) is 0.461. The number of nitrogens with one attached hydrogen (secondary N) is 1. The van der Waals surface area contributed by atoms with Crippen LogP contribution in [0.5, 0.6) is 0 Å². The van der Waals surface area contributed by atoms with E-state index in [0.717, 1.165) is 12.0 Å². The molecule has 1 atom stereocenters. The highest BCUT2D eigenvalue weighted by atomic mass is 32.2. The highest BCUT2D eigenvalue weighted by Gasteiger charge is 2.41. The second-order valence-corrected chi connectivity index (χ2v) is 8.83. The number of hydrogen-bond donors (Lipinski definition) is 1. The molecule has 0 aromatic carbocycles. The lowest BCUT2D eigenvalue weighted by Crippen LogP contribution is -2.65. The average molecular weight is 312 g/mol. The molecule has 21 heavy (non-hydrogen) atoms. The summed E-state index contributed by atoms with van der Waals surface area (Å²) in [5, 5.41) is 3.94. The molecule has 1 saturated carbocycles. The highest BCUT2D eigenvalue weighted by molar-refractivity contribution is 7.99. The van der Waals surface area contributed by atoms with E-state index in [4.69, 9.17) is 0 Å². The molecule has 1 N–H and O–H groups in total. The van der Waals surface area contributed by atoms with Crippen LogP contribution in [0.15, 0.2) is 0 Å². The van der Waals surface area contributed by atoms with Crippen molar-refractivity contribution in [2.24, 2.45) is 5.92 Å². The van der Waals surface area contributed by atoms with Gasteiger partial charge in [0.25, 0.3) is 0 Å². The van der Waals surface area contributed by atoms with Gasteiger partial charge < -0.3 is 10.2 Å². The molecule has 2 saturated heterocycles. The Morgan fingerprint density at radius 2 is 1.86 bits per heavy atom. The zero-order valence-electron chi connectivity index (χ0n) is 13.9. The van der Waals surface area contributed by atoms with Gasteiger partial charge in [-0.25, -0.2) is 0 Å². The van der Waals surface area contributed by atoms with Crippen LogP contribution in [-0.2, 0) is 0 Å². The van der Waals surface area contributed by atoms with E-state index in [1.807, 2.05) is 0 Å². The average Bonchev–Trinajstić information content (AvgIpc) is 2.94. The van der Waals surface area contributed by atoms with Crippen molar-refractivity contribution >= 4 is 11.8 Å². The zero-order chi connectivity index (χ0) is 14.7.